The predicted molar refractivity (Wildman–Crippen MR) is 358 cm³/mol. The van der Waals surface area contributed by atoms with Gasteiger partial charge in [0.2, 0.25) is 0 Å². The first-order valence-corrected chi connectivity index (χ1v) is 39.3. The molecule has 17 nitrogen and oxygen atoms in total. The lowest BCUT2D eigenvalue weighted by Gasteiger charge is -2.21. The highest BCUT2D eigenvalue weighted by Crippen LogP contribution is 2.45. The second-order valence-corrected chi connectivity index (χ2v) is 29.6. The average Bonchev–Trinajstić information content (AvgIpc) is 3.70. The van der Waals surface area contributed by atoms with Gasteiger partial charge in [0, 0.05) is 25.7 Å². The SMILES string of the molecule is CCC(C)CCCCCCCCCCCCC(=O)O[C@H](COC(=O)CCCCCCCCCC(C)C)COP(=O)(O)OCC(O)COP(=O)(O)OC[C@@H](COC(=O)CCCCCCCCCCCCC(C)C)OC(=O)CCCCCCCCCCC(C)CC. The highest BCUT2D eigenvalue weighted by Gasteiger charge is 2.30. The maximum atomic E-state index is 13.0. The molecule has 0 aliphatic rings. The molecule has 0 radical (unpaired) electrons. The number of unbranched alkanes of at least 4 members (excludes halogenated alkanes) is 31. The molecule has 5 unspecified atom stereocenters. The van der Waals surface area contributed by atoms with Crippen molar-refractivity contribution in [2.45, 2.75) is 363 Å². The Bertz CT molecular complexity index is 1770. The summed E-state index contributed by atoms with van der Waals surface area (Å²) in [6.45, 7) is 14.1. The van der Waals surface area contributed by atoms with E-state index in [2.05, 4.69) is 55.4 Å². The fraction of sp³-hybridized carbons (Fsp3) is 0.943. The van der Waals surface area contributed by atoms with E-state index in [0.717, 1.165) is 114 Å². The van der Waals surface area contributed by atoms with Crippen LogP contribution < -0.4 is 0 Å². The maximum absolute atomic E-state index is 13.0. The largest absolute Gasteiger partial charge is 0.472 e. The summed E-state index contributed by atoms with van der Waals surface area (Å²) in [7, 11) is -9.90. The number of aliphatic hydroxyl groups is 1. The number of rotatable bonds is 67. The Morgan fingerprint density at radius 3 is 0.798 bits per heavy atom. The molecule has 528 valence electrons. The quantitative estimate of drug-likeness (QED) is 0.0222. The van der Waals surface area contributed by atoms with Crippen LogP contribution in [0.2, 0.25) is 0 Å². The number of esters is 4. The van der Waals surface area contributed by atoms with E-state index in [0.29, 0.717) is 31.6 Å². The first-order valence-electron chi connectivity index (χ1n) is 36.3. The summed E-state index contributed by atoms with van der Waals surface area (Å²) >= 11 is 0. The lowest BCUT2D eigenvalue weighted by molar-refractivity contribution is -0.161. The van der Waals surface area contributed by atoms with Crippen molar-refractivity contribution in [3.8, 4) is 0 Å². The summed E-state index contributed by atoms with van der Waals surface area (Å²) in [5.41, 5.74) is 0. The van der Waals surface area contributed by atoms with Crippen molar-refractivity contribution in [2.24, 2.45) is 23.7 Å². The highest BCUT2D eigenvalue weighted by atomic mass is 31.2. The zero-order valence-corrected chi connectivity index (χ0v) is 59.8. The monoisotopic (exact) mass is 1310 g/mol. The average molecular weight is 1310 g/mol. The Hall–Kier alpha value is -1.94. The molecule has 0 aromatic heterocycles. The first kappa shape index (κ1) is 87.1. The Labute approximate surface area is 543 Å². The molecule has 3 N–H and O–H groups in total. The molecule has 0 bridgehead atoms. The number of carbonyl (C=O) groups is 4. The second kappa shape index (κ2) is 59.8. The van der Waals surface area contributed by atoms with Gasteiger partial charge in [0.1, 0.15) is 19.3 Å². The van der Waals surface area contributed by atoms with Gasteiger partial charge in [-0.25, -0.2) is 9.13 Å². The molecule has 0 fully saturated rings. The molecule has 0 aromatic carbocycles. The van der Waals surface area contributed by atoms with Gasteiger partial charge in [-0.3, -0.25) is 37.3 Å². The van der Waals surface area contributed by atoms with E-state index in [9.17, 15) is 43.2 Å². The van der Waals surface area contributed by atoms with Crippen molar-refractivity contribution in [1.29, 1.82) is 0 Å². The molecular weight excluding hydrogens is 1170 g/mol. The molecule has 0 saturated carbocycles. The number of carbonyl (C=O) groups excluding carboxylic acids is 4. The van der Waals surface area contributed by atoms with Gasteiger partial charge in [0.05, 0.1) is 26.4 Å². The van der Waals surface area contributed by atoms with Gasteiger partial charge in [-0.15, -0.1) is 0 Å². The van der Waals surface area contributed by atoms with Gasteiger partial charge in [0.25, 0.3) is 0 Å². The summed E-state index contributed by atoms with van der Waals surface area (Å²) in [4.78, 5) is 72.5. The number of phosphoric ester groups is 2. The lowest BCUT2D eigenvalue weighted by Crippen LogP contribution is -2.30. The van der Waals surface area contributed by atoms with Gasteiger partial charge < -0.3 is 33.8 Å². The zero-order valence-electron chi connectivity index (χ0n) is 58.1. The second-order valence-electron chi connectivity index (χ2n) is 26.7. The number of aliphatic hydroxyl groups excluding tert-OH is 1. The van der Waals surface area contributed by atoms with Crippen molar-refractivity contribution >= 4 is 39.5 Å². The summed E-state index contributed by atoms with van der Waals surface area (Å²) < 4.78 is 68.3. The maximum Gasteiger partial charge on any atom is 0.472 e. The Morgan fingerprint density at radius 2 is 0.539 bits per heavy atom. The fourth-order valence-corrected chi connectivity index (χ4v) is 12.0. The van der Waals surface area contributed by atoms with E-state index in [4.69, 9.17) is 37.0 Å². The summed E-state index contributed by atoms with van der Waals surface area (Å²) in [6.07, 6.45) is 41.6. The topological polar surface area (TPSA) is 237 Å². The van der Waals surface area contributed by atoms with E-state index in [1.54, 1.807) is 0 Å². The van der Waals surface area contributed by atoms with Crippen molar-refractivity contribution in [3.63, 3.8) is 0 Å². The number of hydrogen-bond donors (Lipinski definition) is 3. The van der Waals surface area contributed by atoms with E-state index in [1.807, 2.05) is 0 Å². The van der Waals surface area contributed by atoms with Crippen LogP contribution in [0.4, 0.5) is 0 Å². The number of phosphoric acid groups is 2. The van der Waals surface area contributed by atoms with Gasteiger partial charge in [-0.1, -0.05) is 293 Å². The van der Waals surface area contributed by atoms with Crippen LogP contribution >= 0.6 is 15.6 Å². The Kier molecular flexibility index (Phi) is 58.5. The molecule has 0 spiro atoms. The minimum absolute atomic E-state index is 0.104. The van der Waals surface area contributed by atoms with Gasteiger partial charge in [-0.05, 0) is 49.4 Å². The van der Waals surface area contributed by atoms with Crippen LogP contribution in [-0.2, 0) is 65.4 Å². The van der Waals surface area contributed by atoms with Crippen LogP contribution in [0.1, 0.15) is 344 Å². The van der Waals surface area contributed by atoms with Gasteiger partial charge in [0.15, 0.2) is 12.2 Å². The molecule has 0 aliphatic heterocycles. The van der Waals surface area contributed by atoms with Crippen LogP contribution in [0.3, 0.4) is 0 Å². The van der Waals surface area contributed by atoms with Crippen LogP contribution in [0, 0.1) is 23.7 Å². The van der Waals surface area contributed by atoms with Crippen LogP contribution in [-0.4, -0.2) is 96.7 Å². The minimum atomic E-state index is -4.95. The van der Waals surface area contributed by atoms with Crippen LogP contribution in [0.25, 0.3) is 0 Å². The Balaban J connectivity index is 5.27. The normalized spacial score (nSPS) is 14.9. The molecule has 7 atom stereocenters. The third kappa shape index (κ3) is 62.0. The molecule has 0 aliphatic carbocycles. The van der Waals surface area contributed by atoms with Gasteiger partial charge in [-0.2, -0.15) is 0 Å². The molecule has 89 heavy (non-hydrogen) atoms. The molecule has 19 heteroatoms. The van der Waals surface area contributed by atoms with Crippen molar-refractivity contribution in [3.05, 3.63) is 0 Å². The standard InChI is InChI=1S/C70H136O17P2/c1-9-62(7)48-40-32-24-16-12-14-18-27-36-44-52-69(74)86-66(57-81-68(73)51-43-35-29-21-23-31-39-47-61(5)6)59-85-89(78,79)83-55-64(71)54-82-88(76,77)84-58-65(87-70(75)53-45-37-28-20-19-25-33-41-49-63(8)10-2)56-80-67(72)50-42-34-26-17-13-11-15-22-30-38-46-60(3)4/h60-66,71H,9-59H2,1-8H3,(H,76,77)(H,78,79)/t62?,63?,64?,65-,66-/m1/s1. The van der Waals surface area contributed by atoms with E-state index < -0.39 is 97.5 Å². The highest BCUT2D eigenvalue weighted by molar-refractivity contribution is 7.47. The molecule has 0 aromatic rings. The third-order valence-corrected chi connectivity index (χ3v) is 18.7. The van der Waals surface area contributed by atoms with E-state index >= 15 is 0 Å². The van der Waals surface area contributed by atoms with E-state index in [-0.39, 0.29) is 25.7 Å². The van der Waals surface area contributed by atoms with Crippen molar-refractivity contribution in [2.75, 3.05) is 39.6 Å². The van der Waals surface area contributed by atoms with Gasteiger partial charge >= 0.3 is 39.5 Å². The van der Waals surface area contributed by atoms with Crippen molar-refractivity contribution < 1.29 is 80.2 Å². The van der Waals surface area contributed by atoms with Crippen LogP contribution in [0.5, 0.6) is 0 Å². The molecule has 0 heterocycles. The minimum Gasteiger partial charge on any atom is -0.462 e. The molecule has 0 saturated heterocycles. The van der Waals surface area contributed by atoms with E-state index in [1.165, 1.54) is 141 Å². The molecule has 0 amide bonds. The lowest BCUT2D eigenvalue weighted by atomic mass is 9.99. The number of ether oxygens (including phenoxy) is 4. The molecular formula is C70H136O17P2. The predicted octanol–water partition coefficient (Wildman–Crippen LogP) is 19.7. The summed E-state index contributed by atoms with van der Waals surface area (Å²) in [5, 5.41) is 10.6. The third-order valence-electron chi connectivity index (χ3n) is 16.8. The zero-order chi connectivity index (χ0) is 66.1. The smallest absolute Gasteiger partial charge is 0.462 e. The van der Waals surface area contributed by atoms with Crippen molar-refractivity contribution in [1.82, 2.24) is 0 Å². The number of hydrogen-bond acceptors (Lipinski definition) is 15. The summed E-state index contributed by atoms with van der Waals surface area (Å²) in [6, 6.07) is 0. The Morgan fingerprint density at radius 1 is 0.315 bits per heavy atom. The summed E-state index contributed by atoms with van der Waals surface area (Å²) in [5.74, 6) is 0.905. The van der Waals surface area contributed by atoms with Crippen LogP contribution in [0.15, 0.2) is 0 Å². The first-order chi connectivity index (χ1) is 42.7. The fourth-order valence-electron chi connectivity index (χ4n) is 10.4. The molecule has 0 rings (SSSR count).